The lowest BCUT2D eigenvalue weighted by atomic mass is 10.2. The van der Waals surface area contributed by atoms with Crippen molar-refractivity contribution in [2.24, 2.45) is 0 Å². The van der Waals surface area contributed by atoms with E-state index in [1.165, 1.54) is 7.11 Å². The highest BCUT2D eigenvalue weighted by atomic mass is 16.5. The first-order valence-corrected chi connectivity index (χ1v) is 3.05. The summed E-state index contributed by atoms with van der Waals surface area (Å²) in [7, 11) is 1.19. The number of carboxylic acid groups (broad SMARTS) is 1. The van der Waals surface area contributed by atoms with Crippen LogP contribution in [0.15, 0.2) is 11.3 Å². The monoisotopic (exact) mass is 154 g/mol. The van der Waals surface area contributed by atoms with Crippen LogP contribution in [-0.4, -0.2) is 13.1 Å². The van der Waals surface area contributed by atoms with Crippen LogP contribution in [0.4, 0.5) is 0 Å². The average molecular weight is 154 g/mol. The Hall–Kier alpha value is -1.50. The lowest BCUT2D eigenvalue weighted by molar-refractivity contribution is -0.303. The van der Waals surface area contributed by atoms with Crippen molar-refractivity contribution in [3.05, 3.63) is 11.3 Å². The molecule has 0 amide bonds. The third-order valence-corrected chi connectivity index (χ3v) is 1.15. The minimum atomic E-state index is -1.45. The average Bonchev–Trinajstić information content (AvgIpc) is 1.99. The fourth-order valence-electron chi connectivity index (χ4n) is 0.620. The van der Waals surface area contributed by atoms with Gasteiger partial charge in [0.05, 0.1) is 18.8 Å². The number of carbonyl (C=O) groups is 1. The Balaban J connectivity index is 4.82. The number of hydrogen-bond donors (Lipinski definition) is 0. The van der Waals surface area contributed by atoms with Crippen LogP contribution in [0.5, 0.6) is 0 Å². The quantitative estimate of drug-likeness (QED) is 0.314. The molecule has 0 bridgehead atoms. The summed E-state index contributed by atoms with van der Waals surface area (Å²) in [5.74, 6) is -1.83. The molecule has 0 aromatic heterocycles. The smallest absolute Gasteiger partial charge is 0.155 e. The molecule has 0 aromatic carbocycles. The molecule has 4 nitrogen and oxygen atoms in total. The van der Waals surface area contributed by atoms with E-state index in [2.05, 4.69) is 4.74 Å². The number of aliphatic carboxylic acids is 1. The maximum atomic E-state index is 10.2. The maximum Gasteiger partial charge on any atom is 0.155 e. The second kappa shape index (κ2) is 4.34. The molecule has 0 aliphatic carbocycles. The van der Waals surface area contributed by atoms with Crippen LogP contribution in [0.2, 0.25) is 0 Å². The van der Waals surface area contributed by atoms with E-state index in [9.17, 15) is 9.90 Å². The van der Waals surface area contributed by atoms with Crippen molar-refractivity contribution in [2.75, 3.05) is 7.11 Å². The fraction of sp³-hybridized carbons (Fsp3) is 0.429. The summed E-state index contributed by atoms with van der Waals surface area (Å²) < 4.78 is 4.45. The first-order chi connectivity index (χ1) is 5.17. The Morgan fingerprint density at radius 1 is 1.73 bits per heavy atom. The molecule has 0 spiro atoms. The van der Waals surface area contributed by atoms with Gasteiger partial charge in [0.1, 0.15) is 5.97 Å². The number of nitrogens with zero attached hydrogens (tertiary/aromatic N) is 1. The van der Waals surface area contributed by atoms with E-state index in [0.717, 1.165) is 0 Å². The molecular formula is C7H8NO3-. The number of methoxy groups -OCH3 is 1. The van der Waals surface area contributed by atoms with Crippen LogP contribution in [0.25, 0.3) is 0 Å². The summed E-state index contributed by atoms with van der Waals surface area (Å²) in [5.41, 5.74) is 0.0903. The van der Waals surface area contributed by atoms with Crippen molar-refractivity contribution in [3.8, 4) is 6.07 Å². The zero-order chi connectivity index (χ0) is 8.85. The molecule has 0 aliphatic rings. The predicted molar refractivity (Wildman–Crippen MR) is 34.9 cm³/mol. The van der Waals surface area contributed by atoms with E-state index in [0.29, 0.717) is 6.42 Å². The first kappa shape index (κ1) is 9.50. The Labute approximate surface area is 64.7 Å². The van der Waals surface area contributed by atoms with Crippen molar-refractivity contribution >= 4 is 5.97 Å². The standard InChI is InChI=1S/C7H9NO3/c1-3-5(4-8)6(11-2)7(9)10/h3H2,1-2H3,(H,9,10)/p-1/b6-5-. The Morgan fingerprint density at radius 2 is 2.27 bits per heavy atom. The van der Waals surface area contributed by atoms with Crippen molar-refractivity contribution in [1.29, 1.82) is 5.26 Å². The van der Waals surface area contributed by atoms with Crippen molar-refractivity contribution < 1.29 is 14.6 Å². The SMILES string of the molecule is CC/C(C#N)=C(/OC)C(=O)[O-]. The molecule has 0 saturated carbocycles. The summed E-state index contributed by atoms with van der Waals surface area (Å²) >= 11 is 0. The van der Waals surface area contributed by atoms with E-state index in [1.807, 2.05) is 0 Å². The van der Waals surface area contributed by atoms with Crippen molar-refractivity contribution in [2.45, 2.75) is 13.3 Å². The zero-order valence-electron chi connectivity index (χ0n) is 6.38. The molecule has 60 valence electrons. The fourth-order valence-corrected chi connectivity index (χ4v) is 0.620. The minimum absolute atomic E-state index is 0.0903. The third-order valence-electron chi connectivity index (χ3n) is 1.15. The number of allylic oxidation sites excluding steroid dienone is 1. The second-order valence-corrected chi connectivity index (χ2v) is 1.76. The number of rotatable bonds is 3. The molecule has 0 radical (unpaired) electrons. The van der Waals surface area contributed by atoms with Gasteiger partial charge < -0.3 is 14.6 Å². The van der Waals surface area contributed by atoms with Gasteiger partial charge in [-0.25, -0.2) is 0 Å². The highest BCUT2D eigenvalue weighted by Crippen LogP contribution is 2.06. The van der Waals surface area contributed by atoms with Crippen LogP contribution in [0.1, 0.15) is 13.3 Å². The van der Waals surface area contributed by atoms with Gasteiger partial charge in [-0.1, -0.05) is 6.92 Å². The Bertz CT molecular complexity index is 224. The van der Waals surface area contributed by atoms with Crippen LogP contribution in [0, 0.1) is 11.3 Å². The minimum Gasteiger partial charge on any atom is -0.542 e. The largest absolute Gasteiger partial charge is 0.542 e. The zero-order valence-corrected chi connectivity index (χ0v) is 6.38. The van der Waals surface area contributed by atoms with Crippen LogP contribution < -0.4 is 5.11 Å². The number of ether oxygens (including phenoxy) is 1. The third kappa shape index (κ3) is 2.30. The van der Waals surface area contributed by atoms with Crippen LogP contribution in [-0.2, 0) is 9.53 Å². The van der Waals surface area contributed by atoms with Gasteiger partial charge in [0, 0.05) is 0 Å². The van der Waals surface area contributed by atoms with Crippen molar-refractivity contribution in [3.63, 3.8) is 0 Å². The summed E-state index contributed by atoms with van der Waals surface area (Å²) in [6.45, 7) is 1.67. The number of hydrogen-bond acceptors (Lipinski definition) is 4. The molecule has 4 heteroatoms. The summed E-state index contributed by atoms with van der Waals surface area (Å²) in [4.78, 5) is 10.2. The molecule has 0 saturated heterocycles. The van der Waals surface area contributed by atoms with Crippen LogP contribution in [0.3, 0.4) is 0 Å². The van der Waals surface area contributed by atoms with E-state index in [4.69, 9.17) is 5.26 Å². The van der Waals surface area contributed by atoms with Gasteiger partial charge in [0.25, 0.3) is 0 Å². The van der Waals surface area contributed by atoms with E-state index in [1.54, 1.807) is 13.0 Å². The highest BCUT2D eigenvalue weighted by molar-refractivity contribution is 5.84. The topological polar surface area (TPSA) is 73.1 Å². The number of carboxylic acids is 1. The van der Waals surface area contributed by atoms with Crippen LogP contribution >= 0.6 is 0 Å². The molecule has 0 rings (SSSR count). The lowest BCUT2D eigenvalue weighted by Crippen LogP contribution is -2.26. The van der Waals surface area contributed by atoms with E-state index >= 15 is 0 Å². The molecule has 11 heavy (non-hydrogen) atoms. The van der Waals surface area contributed by atoms with Gasteiger partial charge >= 0.3 is 0 Å². The number of carbonyl (C=O) groups excluding carboxylic acids is 1. The summed E-state index contributed by atoms with van der Waals surface area (Å²) in [6, 6.07) is 1.72. The maximum absolute atomic E-state index is 10.2. The molecule has 0 N–H and O–H groups in total. The Morgan fingerprint density at radius 3 is 2.36 bits per heavy atom. The van der Waals surface area contributed by atoms with E-state index < -0.39 is 5.97 Å². The highest BCUT2D eigenvalue weighted by Gasteiger charge is 2.04. The predicted octanol–water partition coefficient (Wildman–Crippen LogP) is -0.430. The molecular weight excluding hydrogens is 146 g/mol. The second-order valence-electron chi connectivity index (χ2n) is 1.76. The summed E-state index contributed by atoms with van der Waals surface area (Å²) in [5, 5.41) is 18.6. The van der Waals surface area contributed by atoms with Gasteiger partial charge in [0.2, 0.25) is 0 Å². The molecule has 0 aromatic rings. The Kier molecular flexibility index (Phi) is 3.75. The van der Waals surface area contributed by atoms with Gasteiger partial charge in [-0.3, -0.25) is 0 Å². The summed E-state index contributed by atoms with van der Waals surface area (Å²) in [6.07, 6.45) is 0.327. The van der Waals surface area contributed by atoms with Gasteiger partial charge in [-0.05, 0) is 6.42 Å². The lowest BCUT2D eigenvalue weighted by Gasteiger charge is -2.07. The van der Waals surface area contributed by atoms with E-state index in [-0.39, 0.29) is 11.3 Å². The normalized spacial score (nSPS) is 11.4. The number of nitriles is 1. The van der Waals surface area contributed by atoms with Crippen molar-refractivity contribution in [1.82, 2.24) is 0 Å². The molecule has 0 aliphatic heterocycles. The van der Waals surface area contributed by atoms with Gasteiger partial charge in [-0.2, -0.15) is 5.26 Å². The van der Waals surface area contributed by atoms with Gasteiger partial charge in [-0.15, -0.1) is 0 Å². The molecule has 0 fully saturated rings. The molecule has 0 unspecified atom stereocenters. The first-order valence-electron chi connectivity index (χ1n) is 3.05. The van der Waals surface area contributed by atoms with Gasteiger partial charge in [0.15, 0.2) is 5.76 Å². The molecule has 0 atom stereocenters. The molecule has 0 heterocycles.